The first-order chi connectivity index (χ1) is 15.5. The number of carbonyl (C=O) groups excluding carboxylic acids is 3. The lowest BCUT2D eigenvalue weighted by molar-refractivity contribution is -0.137. The molecule has 0 saturated heterocycles. The fourth-order valence-corrected chi connectivity index (χ4v) is 3.92. The maximum Gasteiger partial charge on any atom is 0.243 e. The van der Waals surface area contributed by atoms with E-state index in [1.807, 2.05) is 55.5 Å². The molecule has 0 aliphatic carbocycles. The van der Waals surface area contributed by atoms with Gasteiger partial charge in [-0.05, 0) is 47.9 Å². The molecule has 2 rings (SSSR count). The highest BCUT2D eigenvalue weighted by molar-refractivity contribution is 5.95. The van der Waals surface area contributed by atoms with Gasteiger partial charge in [-0.1, -0.05) is 70.2 Å². The van der Waals surface area contributed by atoms with Gasteiger partial charge in [0.25, 0.3) is 0 Å². The summed E-state index contributed by atoms with van der Waals surface area (Å²) in [4.78, 5) is 39.4. The van der Waals surface area contributed by atoms with Crippen molar-refractivity contribution in [2.24, 2.45) is 11.3 Å². The van der Waals surface area contributed by atoms with Gasteiger partial charge >= 0.3 is 0 Å². The van der Waals surface area contributed by atoms with Crippen molar-refractivity contribution in [3.8, 4) is 0 Å². The first kappa shape index (κ1) is 26.1. The number of carbonyl (C=O) groups is 3. The first-order valence-electron chi connectivity index (χ1n) is 11.5. The Morgan fingerprint density at radius 2 is 1.67 bits per heavy atom. The molecule has 3 amide bonds. The summed E-state index contributed by atoms with van der Waals surface area (Å²) >= 11 is 0. The molecule has 0 aliphatic rings. The second-order valence-electron chi connectivity index (χ2n) is 10.0. The number of hydrogen-bond donors (Lipinski definition) is 2. The smallest absolute Gasteiger partial charge is 0.243 e. The zero-order chi connectivity index (χ0) is 24.4. The third-order valence-corrected chi connectivity index (χ3v) is 5.14. The number of anilines is 1. The molecule has 0 saturated carbocycles. The van der Waals surface area contributed by atoms with Crippen molar-refractivity contribution in [3.05, 3.63) is 65.7 Å². The largest absolute Gasteiger partial charge is 0.345 e. The van der Waals surface area contributed by atoms with Crippen molar-refractivity contribution in [3.63, 3.8) is 0 Å². The highest BCUT2D eigenvalue weighted by atomic mass is 16.2. The molecule has 2 aromatic rings. The minimum Gasteiger partial charge on any atom is -0.345 e. The molecule has 0 radical (unpaired) electrons. The molecule has 6 heteroatoms. The average Bonchev–Trinajstić information content (AvgIpc) is 2.71. The van der Waals surface area contributed by atoms with E-state index in [2.05, 4.69) is 38.3 Å². The van der Waals surface area contributed by atoms with Gasteiger partial charge in [0, 0.05) is 18.7 Å². The highest BCUT2D eigenvalue weighted by Gasteiger charge is 2.23. The van der Waals surface area contributed by atoms with Gasteiger partial charge < -0.3 is 15.5 Å². The standard InChI is InChI=1S/C27H37N3O3/c1-20-10-9-13-23(14-20)29-24(31)17-28-25(32)19-30(18-22-11-7-6-8-12-22)26(33)15-21(2)16-27(3,4)5/h6-14,21H,15-19H2,1-5H3,(H,28,32)(H,29,31). The van der Waals surface area contributed by atoms with Crippen LogP contribution in [0, 0.1) is 18.3 Å². The Morgan fingerprint density at radius 3 is 2.30 bits per heavy atom. The Morgan fingerprint density at radius 1 is 0.970 bits per heavy atom. The third-order valence-electron chi connectivity index (χ3n) is 5.14. The van der Waals surface area contributed by atoms with Crippen LogP contribution in [0.15, 0.2) is 54.6 Å². The SMILES string of the molecule is Cc1cccc(NC(=O)CNC(=O)CN(Cc2ccccc2)C(=O)CC(C)CC(C)(C)C)c1. The van der Waals surface area contributed by atoms with E-state index in [1.54, 1.807) is 11.0 Å². The van der Waals surface area contributed by atoms with Crippen molar-refractivity contribution in [2.45, 2.75) is 54.0 Å². The summed E-state index contributed by atoms with van der Waals surface area (Å²) in [7, 11) is 0. The molecular weight excluding hydrogens is 414 g/mol. The normalized spacial score (nSPS) is 12.0. The van der Waals surface area contributed by atoms with E-state index in [1.165, 1.54) is 0 Å². The van der Waals surface area contributed by atoms with Gasteiger partial charge in [-0.25, -0.2) is 0 Å². The molecule has 0 bridgehead atoms. The van der Waals surface area contributed by atoms with Crippen molar-refractivity contribution < 1.29 is 14.4 Å². The van der Waals surface area contributed by atoms with Gasteiger partial charge in [-0.15, -0.1) is 0 Å². The third kappa shape index (κ3) is 10.3. The van der Waals surface area contributed by atoms with Crippen molar-refractivity contribution in [1.29, 1.82) is 0 Å². The Hall–Kier alpha value is -3.15. The van der Waals surface area contributed by atoms with Crippen LogP contribution in [0.3, 0.4) is 0 Å². The second kappa shape index (κ2) is 12.2. The van der Waals surface area contributed by atoms with Gasteiger partial charge in [0.2, 0.25) is 17.7 Å². The lowest BCUT2D eigenvalue weighted by atomic mass is 9.84. The molecule has 1 atom stereocenters. The second-order valence-corrected chi connectivity index (χ2v) is 10.0. The van der Waals surface area contributed by atoms with Crippen molar-refractivity contribution >= 4 is 23.4 Å². The van der Waals surface area contributed by atoms with Crippen LogP contribution in [0.2, 0.25) is 0 Å². The van der Waals surface area contributed by atoms with Crippen LogP contribution >= 0.6 is 0 Å². The molecule has 6 nitrogen and oxygen atoms in total. The van der Waals surface area contributed by atoms with Crippen LogP contribution < -0.4 is 10.6 Å². The summed E-state index contributed by atoms with van der Waals surface area (Å²) < 4.78 is 0. The van der Waals surface area contributed by atoms with Gasteiger partial charge in [0.1, 0.15) is 0 Å². The van der Waals surface area contributed by atoms with E-state index in [-0.39, 0.29) is 42.1 Å². The molecule has 0 aromatic heterocycles. The Labute approximate surface area is 197 Å². The van der Waals surface area contributed by atoms with Gasteiger partial charge in [0.05, 0.1) is 13.1 Å². The monoisotopic (exact) mass is 451 g/mol. The quantitative estimate of drug-likeness (QED) is 0.557. The van der Waals surface area contributed by atoms with Crippen LogP contribution in [0.1, 0.15) is 51.7 Å². The summed E-state index contributed by atoms with van der Waals surface area (Å²) in [6.45, 7) is 10.6. The minimum absolute atomic E-state index is 0.0602. The topological polar surface area (TPSA) is 78.5 Å². The fourth-order valence-electron chi connectivity index (χ4n) is 3.92. The van der Waals surface area contributed by atoms with Gasteiger partial charge in [-0.2, -0.15) is 0 Å². The minimum atomic E-state index is -0.359. The molecule has 178 valence electrons. The number of hydrogen-bond acceptors (Lipinski definition) is 3. The van der Waals surface area contributed by atoms with E-state index in [0.29, 0.717) is 18.7 Å². The summed E-state index contributed by atoms with van der Waals surface area (Å²) in [6.07, 6.45) is 1.30. The maximum atomic E-state index is 13.1. The Bertz CT molecular complexity index is 935. The van der Waals surface area contributed by atoms with Gasteiger partial charge in [-0.3, -0.25) is 14.4 Å². The maximum absolute atomic E-state index is 13.1. The number of amides is 3. The summed E-state index contributed by atoms with van der Waals surface area (Å²) in [6, 6.07) is 17.1. The first-order valence-corrected chi connectivity index (χ1v) is 11.5. The predicted molar refractivity (Wildman–Crippen MR) is 133 cm³/mol. The molecular formula is C27H37N3O3. The summed E-state index contributed by atoms with van der Waals surface area (Å²) in [5.41, 5.74) is 2.81. The van der Waals surface area contributed by atoms with E-state index in [9.17, 15) is 14.4 Å². The number of nitrogens with one attached hydrogen (secondary N) is 2. The Kier molecular flexibility index (Phi) is 9.64. The molecule has 0 heterocycles. The molecule has 2 N–H and O–H groups in total. The number of rotatable bonds is 10. The van der Waals surface area contributed by atoms with Crippen molar-refractivity contribution in [1.82, 2.24) is 10.2 Å². The van der Waals surface area contributed by atoms with E-state index >= 15 is 0 Å². The van der Waals surface area contributed by atoms with E-state index in [0.717, 1.165) is 17.5 Å². The number of nitrogens with zero attached hydrogens (tertiary/aromatic N) is 1. The summed E-state index contributed by atoms with van der Waals surface area (Å²) in [5.74, 6) is -0.523. The number of aryl methyl sites for hydroxylation is 1. The van der Waals surface area contributed by atoms with E-state index < -0.39 is 0 Å². The Balaban J connectivity index is 1.95. The molecule has 2 aromatic carbocycles. The predicted octanol–water partition coefficient (Wildman–Crippen LogP) is 4.54. The molecule has 0 aliphatic heterocycles. The van der Waals surface area contributed by atoms with Crippen LogP contribution in [-0.2, 0) is 20.9 Å². The summed E-state index contributed by atoms with van der Waals surface area (Å²) in [5, 5.41) is 5.40. The van der Waals surface area contributed by atoms with Crippen LogP contribution in [0.4, 0.5) is 5.69 Å². The van der Waals surface area contributed by atoms with Crippen molar-refractivity contribution in [2.75, 3.05) is 18.4 Å². The molecule has 0 spiro atoms. The molecule has 1 unspecified atom stereocenters. The van der Waals surface area contributed by atoms with Gasteiger partial charge in [0.15, 0.2) is 0 Å². The van der Waals surface area contributed by atoms with Crippen LogP contribution in [0.25, 0.3) is 0 Å². The average molecular weight is 452 g/mol. The lowest BCUT2D eigenvalue weighted by Gasteiger charge is -2.27. The fraction of sp³-hybridized carbons (Fsp3) is 0.444. The van der Waals surface area contributed by atoms with Crippen LogP contribution in [0.5, 0.6) is 0 Å². The zero-order valence-corrected chi connectivity index (χ0v) is 20.5. The highest BCUT2D eigenvalue weighted by Crippen LogP contribution is 2.26. The van der Waals surface area contributed by atoms with E-state index in [4.69, 9.17) is 0 Å². The molecule has 33 heavy (non-hydrogen) atoms. The number of benzene rings is 2. The lowest BCUT2D eigenvalue weighted by Crippen LogP contribution is -2.43. The molecule has 0 fully saturated rings. The van der Waals surface area contributed by atoms with Crippen LogP contribution in [-0.4, -0.2) is 35.7 Å². The zero-order valence-electron chi connectivity index (χ0n) is 20.5.